The van der Waals surface area contributed by atoms with Gasteiger partial charge >= 0.3 is 5.69 Å². The minimum Gasteiger partial charge on any atom is -0.389 e. The molecule has 0 spiro atoms. The zero-order valence-electron chi connectivity index (χ0n) is 16.6. The van der Waals surface area contributed by atoms with E-state index < -0.39 is 22.5 Å². The van der Waals surface area contributed by atoms with Crippen LogP contribution in [0.2, 0.25) is 0 Å². The molecule has 1 aliphatic rings. The molecule has 0 unspecified atom stereocenters. The number of nitro groups is 1. The first-order valence-electron chi connectivity index (χ1n) is 9.72. The molecule has 30 heavy (non-hydrogen) atoms. The van der Waals surface area contributed by atoms with Gasteiger partial charge in [0, 0.05) is 23.2 Å². The van der Waals surface area contributed by atoms with E-state index in [0.717, 1.165) is 17.3 Å². The number of nitrogens with zero attached hydrogens (tertiary/aromatic N) is 2. The molecule has 0 amide bonds. The Hall–Kier alpha value is -2.81. The highest BCUT2D eigenvalue weighted by molar-refractivity contribution is 5.84. The van der Waals surface area contributed by atoms with E-state index in [-0.39, 0.29) is 18.6 Å². The Kier molecular flexibility index (Phi) is 5.55. The highest BCUT2D eigenvalue weighted by Crippen LogP contribution is 2.37. The monoisotopic (exact) mass is 414 g/mol. The molecule has 0 radical (unpaired) electrons. The van der Waals surface area contributed by atoms with Crippen molar-refractivity contribution >= 4 is 16.6 Å². The van der Waals surface area contributed by atoms with Gasteiger partial charge in [0.05, 0.1) is 54.9 Å². The number of aliphatic hydroxyl groups excluding tert-OH is 1. The van der Waals surface area contributed by atoms with Crippen LogP contribution < -0.4 is 0 Å². The van der Waals surface area contributed by atoms with Crippen LogP contribution in [0.5, 0.6) is 0 Å². The lowest BCUT2D eigenvalue weighted by Crippen LogP contribution is -2.45. The molecule has 8 heteroatoms. The van der Waals surface area contributed by atoms with E-state index in [9.17, 15) is 19.6 Å². The van der Waals surface area contributed by atoms with Crippen molar-refractivity contribution in [3.63, 3.8) is 0 Å². The van der Waals surface area contributed by atoms with Gasteiger partial charge in [0.1, 0.15) is 0 Å². The number of fused-ring (bicyclic) bond motifs is 1. The maximum absolute atomic E-state index is 14.3. The number of benzene rings is 2. The van der Waals surface area contributed by atoms with Gasteiger partial charge in [-0.05, 0) is 18.6 Å². The van der Waals surface area contributed by atoms with Crippen LogP contribution in [0.4, 0.5) is 10.1 Å². The number of aliphatic hydroxyl groups is 1. The topological polar surface area (TPSA) is 86.8 Å². The van der Waals surface area contributed by atoms with Crippen LogP contribution in [0.3, 0.4) is 0 Å². The van der Waals surface area contributed by atoms with Crippen LogP contribution in [0.25, 0.3) is 10.9 Å². The summed E-state index contributed by atoms with van der Waals surface area (Å²) in [4.78, 5) is 10.4. The number of rotatable bonds is 8. The molecule has 3 aromatic rings. The van der Waals surface area contributed by atoms with E-state index in [0.29, 0.717) is 30.7 Å². The average Bonchev–Trinajstić information content (AvgIpc) is 3.03. The number of aromatic nitrogens is 1. The highest BCUT2D eigenvalue weighted by atomic mass is 19.1. The van der Waals surface area contributed by atoms with Crippen molar-refractivity contribution in [1.82, 2.24) is 4.57 Å². The van der Waals surface area contributed by atoms with Crippen molar-refractivity contribution in [2.24, 2.45) is 0 Å². The molecular formula is C22H23FN2O5. The van der Waals surface area contributed by atoms with E-state index in [4.69, 9.17) is 9.47 Å². The third-order valence-corrected chi connectivity index (χ3v) is 5.44. The molecule has 7 nitrogen and oxygen atoms in total. The van der Waals surface area contributed by atoms with E-state index in [1.807, 2.05) is 47.9 Å². The fraction of sp³-hybridized carbons (Fsp3) is 0.364. The van der Waals surface area contributed by atoms with Crippen molar-refractivity contribution in [3.05, 3.63) is 75.7 Å². The molecule has 158 valence electrons. The number of ether oxygens (including phenoxy) is 2. The van der Waals surface area contributed by atoms with Gasteiger partial charge < -0.3 is 19.1 Å². The van der Waals surface area contributed by atoms with Gasteiger partial charge in [0.2, 0.25) is 5.82 Å². The number of nitro benzene ring substituents is 1. The molecule has 1 aromatic heterocycles. The summed E-state index contributed by atoms with van der Waals surface area (Å²) in [6.45, 7) is 3.67. The van der Waals surface area contributed by atoms with Crippen molar-refractivity contribution in [1.29, 1.82) is 0 Å². The largest absolute Gasteiger partial charge is 0.389 e. The fourth-order valence-electron chi connectivity index (χ4n) is 3.82. The van der Waals surface area contributed by atoms with Crippen LogP contribution in [-0.2, 0) is 28.0 Å². The summed E-state index contributed by atoms with van der Waals surface area (Å²) in [7, 11) is 0. The second kappa shape index (κ2) is 8.14. The summed E-state index contributed by atoms with van der Waals surface area (Å²) in [5.74, 6) is -0.900. The minimum atomic E-state index is -0.900. The van der Waals surface area contributed by atoms with E-state index in [1.54, 1.807) is 0 Å². The van der Waals surface area contributed by atoms with Gasteiger partial charge in [0.25, 0.3) is 0 Å². The van der Waals surface area contributed by atoms with Crippen LogP contribution >= 0.6 is 0 Å². The summed E-state index contributed by atoms with van der Waals surface area (Å²) < 4.78 is 27.1. The molecule has 1 saturated heterocycles. The number of hydrogen-bond acceptors (Lipinski definition) is 5. The lowest BCUT2D eigenvalue weighted by Gasteiger charge is -2.39. The quantitative estimate of drug-likeness (QED) is 0.450. The normalized spacial score (nSPS) is 16.4. The first kappa shape index (κ1) is 20.5. The Morgan fingerprint density at radius 3 is 2.67 bits per heavy atom. The zero-order chi connectivity index (χ0) is 21.3. The molecule has 2 heterocycles. The predicted molar refractivity (Wildman–Crippen MR) is 109 cm³/mol. The molecule has 1 fully saturated rings. The highest BCUT2D eigenvalue weighted by Gasteiger charge is 2.39. The smallest absolute Gasteiger partial charge is 0.305 e. The maximum Gasteiger partial charge on any atom is 0.305 e. The van der Waals surface area contributed by atoms with Crippen molar-refractivity contribution in [2.75, 3.05) is 19.8 Å². The molecule has 2 aromatic carbocycles. The van der Waals surface area contributed by atoms with Crippen molar-refractivity contribution < 1.29 is 23.9 Å². The van der Waals surface area contributed by atoms with Gasteiger partial charge in [-0.15, -0.1) is 0 Å². The molecule has 0 saturated carbocycles. The van der Waals surface area contributed by atoms with Crippen LogP contribution in [0, 0.1) is 15.9 Å². The molecule has 4 rings (SSSR count). The standard InChI is InChI=1S/C22H23FN2O5/c1-22(13-30-14-22)21-8-16-7-20(25(27)28)18(23)9-19(16)24(21)10-17(26)12-29-11-15-5-3-2-4-6-15/h2-9,17,26H,10-14H2,1H3/t17-/m1/s1. The van der Waals surface area contributed by atoms with E-state index in [2.05, 4.69) is 0 Å². The number of halogens is 1. The Balaban J connectivity index is 1.58. The van der Waals surface area contributed by atoms with Gasteiger partial charge in [0.15, 0.2) is 0 Å². The van der Waals surface area contributed by atoms with Gasteiger partial charge in [-0.2, -0.15) is 4.39 Å². The Labute approximate surface area is 172 Å². The molecular weight excluding hydrogens is 391 g/mol. The summed E-state index contributed by atoms with van der Waals surface area (Å²) in [5, 5.41) is 22.2. The van der Waals surface area contributed by atoms with Crippen molar-refractivity contribution in [3.8, 4) is 0 Å². The van der Waals surface area contributed by atoms with E-state index in [1.165, 1.54) is 6.07 Å². The number of hydrogen-bond donors (Lipinski definition) is 1. The Bertz CT molecular complexity index is 1060. The second-order valence-corrected chi connectivity index (χ2v) is 7.97. The minimum absolute atomic E-state index is 0.108. The summed E-state index contributed by atoms with van der Waals surface area (Å²) >= 11 is 0. The summed E-state index contributed by atoms with van der Waals surface area (Å²) in [6.07, 6.45) is -0.828. The lowest BCUT2D eigenvalue weighted by atomic mass is 9.84. The molecule has 1 N–H and O–H groups in total. The maximum atomic E-state index is 14.3. The summed E-state index contributed by atoms with van der Waals surface area (Å²) in [6, 6.07) is 13.9. The molecule has 0 aliphatic carbocycles. The molecule has 0 bridgehead atoms. The first-order chi connectivity index (χ1) is 14.4. The summed E-state index contributed by atoms with van der Waals surface area (Å²) in [5.41, 5.74) is 1.50. The first-order valence-corrected chi connectivity index (χ1v) is 9.72. The fourth-order valence-corrected chi connectivity index (χ4v) is 3.82. The van der Waals surface area contributed by atoms with Gasteiger partial charge in [-0.25, -0.2) is 0 Å². The average molecular weight is 414 g/mol. The van der Waals surface area contributed by atoms with Crippen LogP contribution in [0.1, 0.15) is 18.2 Å². The lowest BCUT2D eigenvalue weighted by molar-refractivity contribution is -0.387. The Morgan fingerprint density at radius 1 is 1.30 bits per heavy atom. The SMILES string of the molecule is CC1(c2cc3cc([N+](=O)[O-])c(F)cc3n2C[C@@H](O)COCc2ccccc2)COC1. The zero-order valence-corrected chi connectivity index (χ0v) is 16.6. The molecule has 1 aliphatic heterocycles. The Morgan fingerprint density at radius 2 is 2.03 bits per heavy atom. The second-order valence-electron chi connectivity index (χ2n) is 7.97. The van der Waals surface area contributed by atoms with Crippen molar-refractivity contribution in [2.45, 2.75) is 31.6 Å². The van der Waals surface area contributed by atoms with E-state index >= 15 is 0 Å². The van der Waals surface area contributed by atoms with Crippen LogP contribution in [-0.4, -0.2) is 40.5 Å². The van der Waals surface area contributed by atoms with Gasteiger partial charge in [-0.3, -0.25) is 10.1 Å². The third-order valence-electron chi connectivity index (χ3n) is 5.44. The predicted octanol–water partition coefficient (Wildman–Crippen LogP) is 3.55. The van der Waals surface area contributed by atoms with Crippen LogP contribution in [0.15, 0.2) is 48.5 Å². The van der Waals surface area contributed by atoms with Gasteiger partial charge in [-0.1, -0.05) is 30.3 Å². The molecule has 1 atom stereocenters. The third kappa shape index (κ3) is 3.94.